The molecule has 6 nitrogen and oxygen atoms in total. The van der Waals surface area contributed by atoms with E-state index in [-0.39, 0.29) is 23.8 Å². The molecule has 0 radical (unpaired) electrons. The van der Waals surface area contributed by atoms with E-state index >= 15 is 0 Å². The Morgan fingerprint density at radius 1 is 1.55 bits per heavy atom. The Kier molecular flexibility index (Phi) is 4.65. The highest BCUT2D eigenvalue weighted by Crippen LogP contribution is 2.24. The van der Waals surface area contributed by atoms with Crippen LogP contribution in [0.5, 0.6) is 0 Å². The van der Waals surface area contributed by atoms with Gasteiger partial charge in [0.05, 0.1) is 5.56 Å². The summed E-state index contributed by atoms with van der Waals surface area (Å²) in [6.45, 7) is 8.44. The fraction of sp³-hybridized carbons (Fsp3) is 0.462. The Bertz CT molecular complexity index is 555. The number of amidine groups is 1. The van der Waals surface area contributed by atoms with Crippen molar-refractivity contribution in [1.29, 1.82) is 0 Å². The standard InChI is InChI=1S/C13H19FN4O2/c1-13(2,3)20-9(19)7-18-6-8(14)10(11(15)16-4)12(18)17-5/h6H,5,7H2,1-4H3,(H2,15,16). The maximum atomic E-state index is 13.9. The van der Waals surface area contributed by atoms with E-state index in [4.69, 9.17) is 10.5 Å². The molecular formula is C13H19FN4O2. The average Bonchev–Trinajstić information content (AvgIpc) is 2.61. The molecule has 0 saturated heterocycles. The van der Waals surface area contributed by atoms with E-state index < -0.39 is 17.4 Å². The van der Waals surface area contributed by atoms with Gasteiger partial charge in [-0.05, 0) is 27.5 Å². The van der Waals surface area contributed by atoms with Gasteiger partial charge in [-0.15, -0.1) is 0 Å². The molecule has 0 fully saturated rings. The zero-order valence-corrected chi connectivity index (χ0v) is 12.1. The van der Waals surface area contributed by atoms with Crippen LogP contribution in [0.2, 0.25) is 0 Å². The van der Waals surface area contributed by atoms with Crippen molar-refractivity contribution in [1.82, 2.24) is 4.57 Å². The number of nitrogens with zero attached hydrogens (tertiary/aromatic N) is 3. The molecule has 0 atom stereocenters. The number of ether oxygens (including phenoxy) is 1. The van der Waals surface area contributed by atoms with Gasteiger partial charge < -0.3 is 15.0 Å². The third kappa shape index (κ3) is 3.66. The smallest absolute Gasteiger partial charge is 0.326 e. The van der Waals surface area contributed by atoms with Crippen molar-refractivity contribution in [3.8, 4) is 0 Å². The first-order valence-electron chi connectivity index (χ1n) is 5.99. The highest BCUT2D eigenvalue weighted by Gasteiger charge is 2.22. The first-order valence-corrected chi connectivity index (χ1v) is 5.99. The van der Waals surface area contributed by atoms with Crippen molar-refractivity contribution < 1.29 is 13.9 Å². The molecule has 0 spiro atoms. The van der Waals surface area contributed by atoms with E-state index in [1.54, 1.807) is 20.8 Å². The second kappa shape index (κ2) is 5.85. The Hall–Kier alpha value is -2.18. The molecule has 1 rings (SSSR count). The number of aromatic nitrogens is 1. The van der Waals surface area contributed by atoms with Crippen LogP contribution in [-0.2, 0) is 16.1 Å². The van der Waals surface area contributed by atoms with Crippen molar-refractivity contribution in [2.24, 2.45) is 15.7 Å². The van der Waals surface area contributed by atoms with Crippen LogP contribution in [0.3, 0.4) is 0 Å². The lowest BCUT2D eigenvalue weighted by molar-refractivity contribution is -0.155. The number of nitrogens with two attached hydrogens (primary N) is 1. The monoisotopic (exact) mass is 282 g/mol. The lowest BCUT2D eigenvalue weighted by Crippen LogP contribution is -2.26. The molecule has 0 aromatic carbocycles. The van der Waals surface area contributed by atoms with Crippen LogP contribution >= 0.6 is 0 Å². The zero-order chi connectivity index (χ0) is 15.5. The summed E-state index contributed by atoms with van der Waals surface area (Å²) in [5.41, 5.74) is 5.03. The van der Waals surface area contributed by atoms with Crippen LogP contribution < -0.4 is 5.73 Å². The molecule has 2 N–H and O–H groups in total. The minimum atomic E-state index is -0.614. The third-order valence-electron chi connectivity index (χ3n) is 2.37. The van der Waals surface area contributed by atoms with Crippen LogP contribution in [0.4, 0.5) is 10.2 Å². The van der Waals surface area contributed by atoms with Crippen molar-refractivity contribution >= 4 is 24.3 Å². The van der Waals surface area contributed by atoms with Crippen molar-refractivity contribution in [2.75, 3.05) is 7.05 Å². The van der Waals surface area contributed by atoms with E-state index in [0.717, 1.165) is 6.20 Å². The Labute approximate surface area is 117 Å². The highest BCUT2D eigenvalue weighted by molar-refractivity contribution is 6.02. The second-order valence-corrected chi connectivity index (χ2v) is 5.16. The summed E-state index contributed by atoms with van der Waals surface area (Å²) in [4.78, 5) is 19.2. The molecule has 0 aliphatic rings. The minimum Gasteiger partial charge on any atom is -0.459 e. The first kappa shape index (κ1) is 15.9. The molecule has 110 valence electrons. The molecule has 7 heteroatoms. The van der Waals surface area contributed by atoms with Gasteiger partial charge in [0.2, 0.25) is 0 Å². The molecule has 1 aromatic heterocycles. The van der Waals surface area contributed by atoms with Crippen LogP contribution in [0.1, 0.15) is 26.3 Å². The summed E-state index contributed by atoms with van der Waals surface area (Å²) in [6.07, 6.45) is 1.13. The van der Waals surface area contributed by atoms with Gasteiger partial charge >= 0.3 is 5.97 Å². The number of esters is 1. The SMILES string of the molecule is C=Nc1c(/C(N)=N\C)c(F)cn1CC(=O)OC(C)(C)C. The number of hydrogen-bond donors (Lipinski definition) is 1. The third-order valence-corrected chi connectivity index (χ3v) is 2.37. The van der Waals surface area contributed by atoms with Gasteiger partial charge in [-0.2, -0.15) is 0 Å². The number of aliphatic imine (C=N–C) groups is 2. The van der Waals surface area contributed by atoms with Gasteiger partial charge in [0.1, 0.15) is 23.8 Å². The molecule has 0 aliphatic carbocycles. The predicted octanol–water partition coefficient (Wildman–Crippen LogP) is 1.64. The number of halogens is 1. The number of carbonyl (C=O) groups is 1. The van der Waals surface area contributed by atoms with Crippen molar-refractivity contribution in [3.05, 3.63) is 17.6 Å². The summed E-state index contributed by atoms with van der Waals surface area (Å²) in [5, 5.41) is 0. The fourth-order valence-electron chi connectivity index (χ4n) is 1.66. The maximum Gasteiger partial charge on any atom is 0.326 e. The summed E-state index contributed by atoms with van der Waals surface area (Å²) in [6, 6.07) is 0. The lowest BCUT2D eigenvalue weighted by Gasteiger charge is -2.19. The van der Waals surface area contributed by atoms with Gasteiger partial charge in [0.15, 0.2) is 5.82 Å². The van der Waals surface area contributed by atoms with Crippen molar-refractivity contribution in [2.45, 2.75) is 32.9 Å². The first-order chi connectivity index (χ1) is 9.19. The average molecular weight is 282 g/mol. The summed E-state index contributed by atoms with van der Waals surface area (Å²) < 4.78 is 20.3. The highest BCUT2D eigenvalue weighted by atomic mass is 19.1. The topological polar surface area (TPSA) is 82.0 Å². The molecule has 1 aromatic rings. The van der Waals surface area contributed by atoms with Crippen LogP contribution in [-0.4, -0.2) is 35.7 Å². The Morgan fingerprint density at radius 3 is 2.60 bits per heavy atom. The lowest BCUT2D eigenvalue weighted by atomic mass is 10.2. The normalized spacial score (nSPS) is 12.3. The molecule has 1 heterocycles. The van der Waals surface area contributed by atoms with E-state index in [1.807, 2.05) is 0 Å². The van der Waals surface area contributed by atoms with Crippen LogP contribution in [0.25, 0.3) is 0 Å². The minimum absolute atomic E-state index is 0.00663. The van der Waals surface area contributed by atoms with Gasteiger partial charge in [-0.3, -0.25) is 9.79 Å². The van der Waals surface area contributed by atoms with Crippen LogP contribution in [0, 0.1) is 5.82 Å². The van der Waals surface area contributed by atoms with Gasteiger partial charge in [0, 0.05) is 13.2 Å². The zero-order valence-electron chi connectivity index (χ0n) is 12.1. The number of carbonyl (C=O) groups excluding carboxylic acids is 1. The van der Waals surface area contributed by atoms with Crippen molar-refractivity contribution in [3.63, 3.8) is 0 Å². The van der Waals surface area contributed by atoms with Gasteiger partial charge in [0.25, 0.3) is 0 Å². The molecule has 0 unspecified atom stereocenters. The molecule has 0 aliphatic heterocycles. The molecular weight excluding hydrogens is 263 g/mol. The van der Waals surface area contributed by atoms with E-state index in [9.17, 15) is 9.18 Å². The molecule has 0 bridgehead atoms. The van der Waals surface area contributed by atoms with E-state index in [0.29, 0.717) is 0 Å². The quantitative estimate of drug-likeness (QED) is 0.517. The maximum absolute atomic E-state index is 13.9. The molecule has 0 amide bonds. The summed E-state index contributed by atoms with van der Waals surface area (Å²) in [7, 11) is 1.44. The summed E-state index contributed by atoms with van der Waals surface area (Å²) >= 11 is 0. The molecule has 20 heavy (non-hydrogen) atoms. The largest absolute Gasteiger partial charge is 0.459 e. The van der Waals surface area contributed by atoms with Crippen LogP contribution in [0.15, 0.2) is 16.2 Å². The molecule has 0 saturated carbocycles. The predicted molar refractivity (Wildman–Crippen MR) is 76.1 cm³/mol. The number of rotatable bonds is 4. The van der Waals surface area contributed by atoms with Gasteiger partial charge in [-0.1, -0.05) is 0 Å². The summed E-state index contributed by atoms with van der Waals surface area (Å²) in [5.74, 6) is -0.973. The van der Waals surface area contributed by atoms with E-state index in [1.165, 1.54) is 11.6 Å². The fourth-order valence-corrected chi connectivity index (χ4v) is 1.66. The second-order valence-electron chi connectivity index (χ2n) is 5.16. The van der Waals surface area contributed by atoms with E-state index in [2.05, 4.69) is 16.7 Å². The Morgan fingerprint density at radius 2 is 2.15 bits per heavy atom. The number of hydrogen-bond acceptors (Lipinski definition) is 4. The Balaban J connectivity index is 3.09. The van der Waals surface area contributed by atoms with Gasteiger partial charge in [-0.25, -0.2) is 9.38 Å².